The summed E-state index contributed by atoms with van der Waals surface area (Å²) in [4.78, 5) is 40.4. The van der Waals surface area contributed by atoms with Crippen LogP contribution in [0.5, 0.6) is 0 Å². The number of amides is 2. The molecule has 2 heterocycles. The highest BCUT2D eigenvalue weighted by molar-refractivity contribution is 6.31. The van der Waals surface area contributed by atoms with Crippen LogP contribution in [-0.2, 0) is 19.8 Å². The third kappa shape index (κ3) is 3.42. The Kier molecular flexibility index (Phi) is 5.84. The van der Waals surface area contributed by atoms with Gasteiger partial charge in [-0.1, -0.05) is 60.7 Å². The third-order valence-electron chi connectivity index (χ3n) is 10.5. The van der Waals surface area contributed by atoms with Crippen molar-refractivity contribution in [1.82, 2.24) is 10.6 Å². The van der Waals surface area contributed by atoms with Gasteiger partial charge in [0.15, 0.2) is 0 Å². The van der Waals surface area contributed by atoms with Crippen molar-refractivity contribution in [2.45, 2.75) is 79.8 Å². The predicted molar refractivity (Wildman–Crippen MR) is 148 cm³/mol. The van der Waals surface area contributed by atoms with E-state index in [1.165, 1.54) is 6.07 Å². The molecular weight excluding hydrogens is 556 g/mol. The van der Waals surface area contributed by atoms with Gasteiger partial charge in [-0.15, -0.1) is 0 Å². The van der Waals surface area contributed by atoms with Crippen LogP contribution >= 0.6 is 23.2 Å². The van der Waals surface area contributed by atoms with E-state index in [1.54, 1.807) is 24.3 Å². The summed E-state index contributed by atoms with van der Waals surface area (Å²) in [6.07, 6.45) is 5.58. The summed E-state index contributed by atoms with van der Waals surface area (Å²) in [6.45, 7) is 0. The predicted octanol–water partition coefficient (Wildman–Crippen LogP) is 5.15. The first-order valence-electron chi connectivity index (χ1n) is 14.0. The van der Waals surface area contributed by atoms with Gasteiger partial charge >= 0.3 is 5.97 Å². The fraction of sp³-hybridized carbons (Fsp3) is 0.500. The van der Waals surface area contributed by atoms with Crippen molar-refractivity contribution >= 4 is 46.7 Å². The molecule has 5 fully saturated rings. The Morgan fingerprint density at radius 2 is 1.80 bits per heavy atom. The number of rotatable bonds is 4. The van der Waals surface area contributed by atoms with E-state index in [2.05, 4.69) is 16.0 Å². The second kappa shape index (κ2) is 8.91. The topological polar surface area (TPSA) is 108 Å². The lowest BCUT2D eigenvalue weighted by molar-refractivity contribution is -0.142. The van der Waals surface area contributed by atoms with Crippen molar-refractivity contribution in [1.29, 1.82) is 0 Å². The molecule has 210 valence electrons. The van der Waals surface area contributed by atoms with Crippen LogP contribution in [0.15, 0.2) is 36.4 Å². The number of nitrogens with one attached hydrogen (secondary N) is 3. The summed E-state index contributed by atoms with van der Waals surface area (Å²) in [5.41, 5.74) is -1.22. The van der Waals surface area contributed by atoms with Crippen LogP contribution in [0.2, 0.25) is 10.0 Å². The molecule has 0 radical (unpaired) electrons. The van der Waals surface area contributed by atoms with E-state index in [0.29, 0.717) is 48.4 Å². The summed E-state index contributed by atoms with van der Waals surface area (Å²) in [7, 11) is 0. The molecule has 4 saturated carbocycles. The van der Waals surface area contributed by atoms with Gasteiger partial charge in [0.1, 0.15) is 11.2 Å². The number of carbonyl (C=O) groups excluding carboxylic acids is 2. The van der Waals surface area contributed by atoms with Gasteiger partial charge in [-0.05, 0) is 67.3 Å². The van der Waals surface area contributed by atoms with Crippen molar-refractivity contribution in [2.24, 2.45) is 11.8 Å². The van der Waals surface area contributed by atoms with Crippen molar-refractivity contribution in [3.63, 3.8) is 0 Å². The number of carboxylic acid groups (broad SMARTS) is 1. The SMILES string of the molecule is O=C(O)C1CC2(NC(=O)[C@@H]3NC4(CCCCC4)[C@@]4(C(=O)Nc5cc(Cl)ccc54)[C@H]3c3cccc(Cl)c3F)CC1C2. The van der Waals surface area contributed by atoms with Crippen LogP contribution in [0.25, 0.3) is 0 Å². The van der Waals surface area contributed by atoms with E-state index < -0.39 is 46.2 Å². The summed E-state index contributed by atoms with van der Waals surface area (Å²) in [5, 5.41) is 19.9. The van der Waals surface area contributed by atoms with Gasteiger partial charge in [-0.3, -0.25) is 19.7 Å². The normalized spacial score (nSPS) is 34.9. The maximum atomic E-state index is 16.0. The fourth-order valence-electron chi connectivity index (χ4n) is 8.98. The molecule has 2 spiro atoms. The zero-order chi connectivity index (χ0) is 28.0. The van der Waals surface area contributed by atoms with Crippen LogP contribution < -0.4 is 16.0 Å². The van der Waals surface area contributed by atoms with Crippen molar-refractivity contribution in [3.8, 4) is 0 Å². The summed E-state index contributed by atoms with van der Waals surface area (Å²) in [6, 6.07) is 9.04. The van der Waals surface area contributed by atoms with Gasteiger partial charge in [0.05, 0.1) is 17.0 Å². The molecule has 2 amide bonds. The number of carboxylic acids is 1. The Balaban J connectivity index is 1.39. The van der Waals surface area contributed by atoms with Crippen LogP contribution in [0.3, 0.4) is 0 Å². The van der Waals surface area contributed by atoms with E-state index in [-0.39, 0.29) is 28.3 Å². The number of halogens is 3. The number of aliphatic carboxylic acids is 1. The van der Waals surface area contributed by atoms with Crippen LogP contribution in [0.1, 0.15) is 68.4 Å². The van der Waals surface area contributed by atoms with Crippen molar-refractivity contribution < 1.29 is 23.9 Å². The number of hydrogen-bond donors (Lipinski definition) is 4. The minimum absolute atomic E-state index is 0.0452. The largest absolute Gasteiger partial charge is 0.481 e. The lowest BCUT2D eigenvalue weighted by atomic mass is 9.55. The summed E-state index contributed by atoms with van der Waals surface area (Å²) in [5.74, 6) is -3.46. The van der Waals surface area contributed by atoms with Crippen LogP contribution in [-0.4, -0.2) is 40.0 Å². The number of anilines is 1. The number of hydrogen-bond acceptors (Lipinski definition) is 4. The van der Waals surface area contributed by atoms with Gasteiger partial charge in [0.25, 0.3) is 0 Å². The zero-order valence-electron chi connectivity index (χ0n) is 21.7. The number of fused-ring (bicyclic) bond motifs is 4. The Labute approximate surface area is 241 Å². The molecule has 2 aromatic rings. The Bertz CT molecular complexity index is 1450. The molecule has 10 heteroatoms. The first kappa shape index (κ1) is 26.2. The fourth-order valence-corrected chi connectivity index (χ4v) is 9.34. The minimum Gasteiger partial charge on any atom is -0.481 e. The van der Waals surface area contributed by atoms with E-state index in [1.807, 2.05) is 6.07 Å². The highest BCUT2D eigenvalue weighted by Crippen LogP contribution is 2.63. The first-order valence-corrected chi connectivity index (χ1v) is 14.7. The quantitative estimate of drug-likeness (QED) is 0.397. The van der Waals surface area contributed by atoms with Gasteiger partial charge in [0.2, 0.25) is 11.8 Å². The standard InChI is InChI=1S/C30H30Cl2FN3O4/c31-16-7-8-19-21(11-16)34-27(40)30(19)22(17-5-4-6-20(32)23(17)33)24(35-29(30)9-2-1-3-10-29)25(37)36-28-12-15(13-28)18(14-28)26(38)39/h4-8,11,15,18,22,24,35H,1-3,9-10,12-14H2,(H,34,40)(H,36,37)(H,38,39)/t15?,18?,22-,24+,28?,30+/m0/s1. The molecule has 0 aromatic heterocycles. The molecule has 4 N–H and O–H groups in total. The minimum atomic E-state index is -1.29. The Hall–Kier alpha value is -2.68. The number of benzene rings is 2. The summed E-state index contributed by atoms with van der Waals surface area (Å²) >= 11 is 12.6. The maximum absolute atomic E-state index is 16.0. The molecule has 1 saturated heterocycles. The lowest BCUT2D eigenvalue weighted by Gasteiger charge is -2.47. The van der Waals surface area contributed by atoms with E-state index >= 15 is 4.39 Å². The number of carbonyl (C=O) groups is 3. The smallest absolute Gasteiger partial charge is 0.306 e. The monoisotopic (exact) mass is 585 g/mol. The van der Waals surface area contributed by atoms with Gasteiger partial charge in [-0.25, -0.2) is 4.39 Å². The van der Waals surface area contributed by atoms with E-state index in [0.717, 1.165) is 19.3 Å². The van der Waals surface area contributed by atoms with Gasteiger partial charge in [-0.2, -0.15) is 0 Å². The van der Waals surface area contributed by atoms with Gasteiger partial charge in [0, 0.05) is 27.7 Å². The maximum Gasteiger partial charge on any atom is 0.306 e. The Morgan fingerprint density at radius 1 is 1.05 bits per heavy atom. The first-order chi connectivity index (χ1) is 19.1. The highest BCUT2D eigenvalue weighted by atomic mass is 35.5. The second-order valence-electron chi connectivity index (χ2n) is 12.4. The molecule has 2 aliphatic heterocycles. The molecular formula is C30H30Cl2FN3O4. The molecule has 7 nitrogen and oxygen atoms in total. The summed E-state index contributed by atoms with van der Waals surface area (Å²) < 4.78 is 16.0. The molecule has 1 unspecified atom stereocenters. The molecule has 2 aromatic carbocycles. The van der Waals surface area contributed by atoms with E-state index in [9.17, 15) is 19.5 Å². The third-order valence-corrected chi connectivity index (χ3v) is 11.0. The van der Waals surface area contributed by atoms with E-state index in [4.69, 9.17) is 23.2 Å². The highest BCUT2D eigenvalue weighted by Gasteiger charge is 2.73. The van der Waals surface area contributed by atoms with Gasteiger partial charge < -0.3 is 15.7 Å². The average molecular weight is 586 g/mol. The van der Waals surface area contributed by atoms with Crippen LogP contribution in [0, 0.1) is 17.7 Å². The molecule has 8 rings (SSSR count). The molecule has 2 bridgehead atoms. The van der Waals surface area contributed by atoms with Crippen LogP contribution in [0.4, 0.5) is 10.1 Å². The van der Waals surface area contributed by atoms with Crippen molar-refractivity contribution in [2.75, 3.05) is 5.32 Å². The Morgan fingerprint density at radius 3 is 2.50 bits per heavy atom. The average Bonchev–Trinajstić information content (AvgIpc) is 3.60. The zero-order valence-corrected chi connectivity index (χ0v) is 23.2. The molecule has 6 aliphatic rings. The molecule has 40 heavy (non-hydrogen) atoms. The lowest BCUT2D eigenvalue weighted by Crippen LogP contribution is -2.61. The molecule has 4 atom stereocenters. The second-order valence-corrected chi connectivity index (χ2v) is 13.3. The van der Waals surface area contributed by atoms with Crippen molar-refractivity contribution in [3.05, 3.63) is 63.4 Å². The molecule has 4 aliphatic carbocycles.